The summed E-state index contributed by atoms with van der Waals surface area (Å²) in [4.78, 5) is 9.10. The van der Waals surface area contributed by atoms with Crippen molar-refractivity contribution in [3.05, 3.63) is 54.7 Å². The normalized spacial score (nSPS) is 15.9. The predicted molar refractivity (Wildman–Crippen MR) is 107 cm³/mol. The number of anilines is 3. The number of benzene rings is 2. The quantitative estimate of drug-likeness (QED) is 0.499. The molecule has 8 nitrogen and oxygen atoms in total. The molecule has 28 heavy (non-hydrogen) atoms. The zero-order valence-corrected chi connectivity index (χ0v) is 15.7. The summed E-state index contributed by atoms with van der Waals surface area (Å²) in [5.41, 5.74) is 2.22. The number of phenolic OH excluding ortho intramolecular Hbond substituents is 1. The molecular weight excluding hydrogens is 378 g/mol. The van der Waals surface area contributed by atoms with E-state index in [2.05, 4.69) is 25.3 Å². The highest BCUT2D eigenvalue weighted by Crippen LogP contribution is 2.29. The molecule has 0 unspecified atom stereocenters. The summed E-state index contributed by atoms with van der Waals surface area (Å²) in [7, 11) is -3.57. The molecule has 0 radical (unpaired) electrons. The second-order valence-corrected chi connectivity index (χ2v) is 8.10. The lowest BCUT2D eigenvalue weighted by atomic mass is 10.1. The monoisotopic (exact) mass is 397 g/mol. The SMILES string of the molecule is O=S1(=O)NCCCNc2nc(ncc2-c2ccc(O)cc2)Nc2cccc1c2. The summed E-state index contributed by atoms with van der Waals surface area (Å²) < 4.78 is 27.4. The van der Waals surface area contributed by atoms with Crippen LogP contribution in [0.2, 0.25) is 0 Å². The number of sulfonamides is 1. The molecule has 0 saturated carbocycles. The lowest BCUT2D eigenvalue weighted by Gasteiger charge is -2.13. The first-order valence-electron chi connectivity index (χ1n) is 8.78. The highest BCUT2D eigenvalue weighted by atomic mass is 32.2. The number of hydrogen-bond acceptors (Lipinski definition) is 7. The van der Waals surface area contributed by atoms with Crippen LogP contribution in [-0.2, 0) is 10.0 Å². The number of nitrogens with one attached hydrogen (secondary N) is 3. The molecule has 0 atom stereocenters. The lowest BCUT2D eigenvalue weighted by molar-refractivity contribution is 0.475. The van der Waals surface area contributed by atoms with Gasteiger partial charge in [-0.05, 0) is 42.3 Å². The maximum Gasteiger partial charge on any atom is 0.240 e. The Balaban J connectivity index is 1.74. The van der Waals surface area contributed by atoms with Crippen molar-refractivity contribution in [1.82, 2.24) is 14.7 Å². The van der Waals surface area contributed by atoms with Gasteiger partial charge < -0.3 is 15.7 Å². The van der Waals surface area contributed by atoms with E-state index >= 15 is 0 Å². The minimum atomic E-state index is -3.57. The van der Waals surface area contributed by atoms with Gasteiger partial charge in [0.25, 0.3) is 0 Å². The number of aromatic hydroxyl groups is 1. The molecule has 1 aliphatic heterocycles. The number of nitrogens with zero attached hydrogens (tertiary/aromatic N) is 2. The first-order chi connectivity index (χ1) is 13.5. The van der Waals surface area contributed by atoms with Crippen molar-refractivity contribution in [2.24, 2.45) is 0 Å². The second-order valence-electron chi connectivity index (χ2n) is 6.33. The van der Waals surface area contributed by atoms with E-state index in [9.17, 15) is 13.5 Å². The van der Waals surface area contributed by atoms with Gasteiger partial charge in [-0.1, -0.05) is 18.2 Å². The van der Waals surface area contributed by atoms with E-state index in [1.165, 1.54) is 0 Å². The summed E-state index contributed by atoms with van der Waals surface area (Å²) in [5, 5.41) is 15.8. The number of aromatic nitrogens is 2. The minimum Gasteiger partial charge on any atom is -0.508 e. The molecule has 4 N–H and O–H groups in total. The molecule has 144 valence electrons. The fourth-order valence-corrected chi connectivity index (χ4v) is 4.00. The van der Waals surface area contributed by atoms with Crippen molar-refractivity contribution in [1.29, 1.82) is 0 Å². The van der Waals surface area contributed by atoms with Crippen LogP contribution in [0.25, 0.3) is 11.1 Å². The maximum atomic E-state index is 12.4. The van der Waals surface area contributed by atoms with Crippen LogP contribution in [0.4, 0.5) is 17.5 Å². The summed E-state index contributed by atoms with van der Waals surface area (Å²) in [6, 6.07) is 13.3. The Morgan fingerprint density at radius 1 is 1.04 bits per heavy atom. The van der Waals surface area contributed by atoms with Gasteiger partial charge in [0.1, 0.15) is 11.6 Å². The number of phenols is 1. The molecule has 0 amide bonds. The van der Waals surface area contributed by atoms with Gasteiger partial charge in [-0.15, -0.1) is 0 Å². The zero-order valence-electron chi connectivity index (χ0n) is 14.9. The third-order valence-corrected chi connectivity index (χ3v) is 5.76. The van der Waals surface area contributed by atoms with E-state index in [0.717, 1.165) is 11.1 Å². The molecule has 4 bridgehead atoms. The number of hydrogen-bond donors (Lipinski definition) is 4. The van der Waals surface area contributed by atoms with Crippen molar-refractivity contribution in [2.45, 2.75) is 11.3 Å². The van der Waals surface area contributed by atoms with E-state index in [0.29, 0.717) is 37.0 Å². The summed E-state index contributed by atoms with van der Waals surface area (Å²) in [6.45, 7) is 0.834. The van der Waals surface area contributed by atoms with E-state index < -0.39 is 10.0 Å². The van der Waals surface area contributed by atoms with Gasteiger partial charge in [0.15, 0.2) is 0 Å². The Morgan fingerprint density at radius 3 is 2.68 bits per heavy atom. The third kappa shape index (κ3) is 3.90. The molecule has 0 spiro atoms. The van der Waals surface area contributed by atoms with Crippen LogP contribution in [0.3, 0.4) is 0 Å². The van der Waals surface area contributed by atoms with E-state index in [4.69, 9.17) is 0 Å². The first kappa shape index (κ1) is 18.2. The molecule has 2 heterocycles. The van der Waals surface area contributed by atoms with Crippen LogP contribution >= 0.6 is 0 Å². The van der Waals surface area contributed by atoms with Crippen LogP contribution in [0.15, 0.2) is 59.6 Å². The Bertz CT molecular complexity index is 1100. The molecule has 3 aromatic rings. The van der Waals surface area contributed by atoms with Crippen LogP contribution < -0.4 is 15.4 Å². The first-order valence-corrected chi connectivity index (χ1v) is 10.3. The van der Waals surface area contributed by atoms with Crippen molar-refractivity contribution in [2.75, 3.05) is 23.7 Å². The average molecular weight is 397 g/mol. The fraction of sp³-hybridized carbons (Fsp3) is 0.158. The van der Waals surface area contributed by atoms with Crippen LogP contribution in [-0.4, -0.2) is 36.6 Å². The second kappa shape index (κ2) is 7.45. The number of rotatable bonds is 1. The van der Waals surface area contributed by atoms with Crippen molar-refractivity contribution < 1.29 is 13.5 Å². The zero-order chi connectivity index (χ0) is 19.6. The van der Waals surface area contributed by atoms with Crippen LogP contribution in [0.5, 0.6) is 5.75 Å². The lowest BCUT2D eigenvalue weighted by Crippen LogP contribution is -2.26. The summed E-state index contributed by atoms with van der Waals surface area (Å²) >= 11 is 0. The number of fused-ring (bicyclic) bond motifs is 4. The highest BCUT2D eigenvalue weighted by molar-refractivity contribution is 7.89. The van der Waals surface area contributed by atoms with Crippen molar-refractivity contribution >= 4 is 27.5 Å². The standard InChI is InChI=1S/C19H19N5O3S/c25-15-7-5-13(6-8-15)17-12-21-19-23-14-3-1-4-16(11-14)28(26,27)22-10-2-9-20-18(17)24-19/h1,3-8,11-12,22,25H,2,9-10H2,(H2,20,21,23,24). The van der Waals surface area contributed by atoms with Crippen LogP contribution in [0, 0.1) is 0 Å². The van der Waals surface area contributed by atoms with Gasteiger partial charge in [0.2, 0.25) is 16.0 Å². The largest absolute Gasteiger partial charge is 0.508 e. The Morgan fingerprint density at radius 2 is 1.86 bits per heavy atom. The maximum absolute atomic E-state index is 12.4. The molecule has 1 aliphatic rings. The molecule has 4 rings (SSSR count). The van der Waals surface area contributed by atoms with E-state index in [1.54, 1.807) is 54.7 Å². The minimum absolute atomic E-state index is 0.183. The van der Waals surface area contributed by atoms with Gasteiger partial charge in [-0.25, -0.2) is 18.1 Å². The fourth-order valence-electron chi connectivity index (χ4n) is 2.88. The van der Waals surface area contributed by atoms with Gasteiger partial charge in [-0.2, -0.15) is 4.98 Å². The Hall–Kier alpha value is -3.17. The Labute approximate surface area is 162 Å². The molecule has 0 fully saturated rings. The predicted octanol–water partition coefficient (Wildman–Crippen LogP) is 2.69. The van der Waals surface area contributed by atoms with Gasteiger partial charge in [0.05, 0.1) is 4.90 Å². The Kier molecular flexibility index (Phi) is 4.84. The molecule has 9 heteroatoms. The molecular formula is C19H19N5O3S. The molecule has 0 aliphatic carbocycles. The van der Waals surface area contributed by atoms with Gasteiger partial charge in [-0.3, -0.25) is 0 Å². The van der Waals surface area contributed by atoms with Gasteiger partial charge >= 0.3 is 0 Å². The molecule has 1 aromatic heterocycles. The summed E-state index contributed by atoms with van der Waals surface area (Å²) in [5.74, 6) is 1.16. The van der Waals surface area contributed by atoms with Crippen molar-refractivity contribution in [3.63, 3.8) is 0 Å². The average Bonchev–Trinajstić information content (AvgIpc) is 2.69. The van der Waals surface area contributed by atoms with E-state index in [1.807, 2.05) is 0 Å². The van der Waals surface area contributed by atoms with Crippen LogP contribution in [0.1, 0.15) is 6.42 Å². The smallest absolute Gasteiger partial charge is 0.240 e. The van der Waals surface area contributed by atoms with E-state index in [-0.39, 0.29) is 10.6 Å². The highest BCUT2D eigenvalue weighted by Gasteiger charge is 2.16. The summed E-state index contributed by atoms with van der Waals surface area (Å²) in [6.07, 6.45) is 2.28. The third-order valence-electron chi connectivity index (χ3n) is 4.31. The van der Waals surface area contributed by atoms with Crippen molar-refractivity contribution in [3.8, 4) is 16.9 Å². The molecule has 2 aromatic carbocycles. The van der Waals surface area contributed by atoms with Gasteiger partial charge in [0, 0.05) is 30.5 Å². The topological polar surface area (TPSA) is 116 Å². The molecule has 0 saturated heterocycles.